The number of likely N-dealkylation sites (tertiary alicyclic amines) is 1. The lowest BCUT2D eigenvalue weighted by Crippen LogP contribution is -2.44. The predicted molar refractivity (Wildman–Crippen MR) is 107 cm³/mol. The van der Waals surface area contributed by atoms with E-state index >= 15 is 0 Å². The topological polar surface area (TPSA) is 80.5 Å². The number of halogens is 1. The number of aryl methyl sites for hydroxylation is 1. The molecule has 8 heteroatoms. The number of nitrogens with zero attached hydrogens (tertiary/aromatic N) is 3. The zero-order valence-electron chi connectivity index (χ0n) is 16.1. The van der Waals surface area contributed by atoms with E-state index in [1.165, 1.54) is 6.42 Å². The highest BCUT2D eigenvalue weighted by molar-refractivity contribution is 5.94. The van der Waals surface area contributed by atoms with E-state index in [0.717, 1.165) is 39.0 Å². The maximum Gasteiger partial charge on any atom is 0.253 e. The van der Waals surface area contributed by atoms with Gasteiger partial charge < -0.3 is 19.5 Å². The van der Waals surface area contributed by atoms with Gasteiger partial charge >= 0.3 is 0 Å². The minimum absolute atomic E-state index is 0. The molecule has 4 rings (SSSR count). The van der Waals surface area contributed by atoms with Crippen LogP contribution in [0, 0.1) is 5.41 Å². The lowest BCUT2D eigenvalue weighted by atomic mass is 9.78. The highest BCUT2D eigenvalue weighted by Crippen LogP contribution is 2.37. The minimum atomic E-state index is 0. The summed E-state index contributed by atoms with van der Waals surface area (Å²) in [6.07, 6.45) is 4.13. The number of carbonyl (C=O) groups excluding carboxylic acids is 1. The van der Waals surface area contributed by atoms with Crippen LogP contribution in [0.15, 0.2) is 28.8 Å². The Morgan fingerprint density at radius 1 is 1.25 bits per heavy atom. The first kappa shape index (κ1) is 20.6. The van der Waals surface area contributed by atoms with E-state index in [1.54, 1.807) is 0 Å². The van der Waals surface area contributed by atoms with Gasteiger partial charge in [0.25, 0.3) is 5.91 Å². The Bertz CT molecular complexity index is 777. The first-order valence-electron chi connectivity index (χ1n) is 9.72. The Labute approximate surface area is 171 Å². The zero-order valence-corrected chi connectivity index (χ0v) is 17.0. The number of aromatic nitrogens is 2. The van der Waals surface area contributed by atoms with Crippen molar-refractivity contribution < 1.29 is 14.1 Å². The largest absolute Gasteiger partial charge is 0.485 e. The third-order valence-corrected chi connectivity index (χ3v) is 5.73. The van der Waals surface area contributed by atoms with Crippen LogP contribution in [0.2, 0.25) is 0 Å². The van der Waals surface area contributed by atoms with E-state index in [-0.39, 0.29) is 24.9 Å². The molecule has 1 aromatic carbocycles. The summed E-state index contributed by atoms with van der Waals surface area (Å²) in [6.45, 7) is 6.10. The molecule has 0 unspecified atom stereocenters. The fourth-order valence-electron chi connectivity index (χ4n) is 3.92. The van der Waals surface area contributed by atoms with Crippen LogP contribution in [0.25, 0.3) is 0 Å². The first-order valence-corrected chi connectivity index (χ1v) is 9.72. The molecule has 2 saturated heterocycles. The van der Waals surface area contributed by atoms with E-state index in [2.05, 4.69) is 15.5 Å². The van der Waals surface area contributed by atoms with E-state index < -0.39 is 0 Å². The molecule has 152 valence electrons. The normalized spacial score (nSPS) is 18.1. The molecular formula is C20H27ClN4O3. The molecule has 7 nitrogen and oxygen atoms in total. The maximum absolute atomic E-state index is 12.8. The summed E-state index contributed by atoms with van der Waals surface area (Å²) in [4.78, 5) is 19.0. The van der Waals surface area contributed by atoms with E-state index in [1.807, 2.05) is 36.1 Å². The van der Waals surface area contributed by atoms with Crippen molar-refractivity contribution in [3.63, 3.8) is 0 Å². The van der Waals surface area contributed by atoms with Crippen LogP contribution in [0.3, 0.4) is 0 Å². The summed E-state index contributed by atoms with van der Waals surface area (Å²) in [5, 5.41) is 7.32. The van der Waals surface area contributed by atoms with Gasteiger partial charge in [-0.25, -0.2) is 0 Å². The summed E-state index contributed by atoms with van der Waals surface area (Å²) in [6, 6.07) is 7.29. The summed E-state index contributed by atoms with van der Waals surface area (Å²) < 4.78 is 10.7. The Balaban J connectivity index is 0.00000225. The second-order valence-corrected chi connectivity index (χ2v) is 7.49. The SMILES string of the molecule is CCc1nc(COc2ccc(C(=O)N3CCC4(CCNC4)CC3)cc2)no1.Cl. The quantitative estimate of drug-likeness (QED) is 0.822. The maximum atomic E-state index is 12.8. The van der Waals surface area contributed by atoms with Gasteiger partial charge in [-0.2, -0.15) is 4.98 Å². The van der Waals surface area contributed by atoms with Crippen LogP contribution >= 0.6 is 12.4 Å². The van der Waals surface area contributed by atoms with Crippen LogP contribution in [-0.4, -0.2) is 47.1 Å². The summed E-state index contributed by atoms with van der Waals surface area (Å²) in [7, 11) is 0. The van der Waals surface area contributed by atoms with Gasteiger partial charge in [0.05, 0.1) is 0 Å². The second-order valence-electron chi connectivity index (χ2n) is 7.49. The fourth-order valence-corrected chi connectivity index (χ4v) is 3.92. The van der Waals surface area contributed by atoms with E-state index in [9.17, 15) is 4.79 Å². The number of benzene rings is 1. The van der Waals surface area contributed by atoms with Gasteiger partial charge in [0.2, 0.25) is 11.7 Å². The molecule has 2 aromatic rings. The molecule has 2 fully saturated rings. The van der Waals surface area contributed by atoms with Crippen LogP contribution in [0.1, 0.15) is 48.3 Å². The predicted octanol–water partition coefficient (Wildman–Crippen LogP) is 2.85. The highest BCUT2D eigenvalue weighted by Gasteiger charge is 2.38. The zero-order chi connectivity index (χ0) is 18.7. The van der Waals surface area contributed by atoms with Crippen LogP contribution in [0.5, 0.6) is 5.75 Å². The Morgan fingerprint density at radius 2 is 2.00 bits per heavy atom. The molecule has 0 bridgehead atoms. The molecule has 0 saturated carbocycles. The average Bonchev–Trinajstić information content (AvgIpc) is 3.36. The van der Waals surface area contributed by atoms with Gasteiger partial charge in [-0.3, -0.25) is 4.79 Å². The number of carbonyl (C=O) groups is 1. The van der Waals surface area contributed by atoms with E-state index in [4.69, 9.17) is 9.26 Å². The smallest absolute Gasteiger partial charge is 0.253 e. The lowest BCUT2D eigenvalue weighted by Gasteiger charge is -2.38. The first-order chi connectivity index (χ1) is 13.2. The van der Waals surface area contributed by atoms with E-state index in [0.29, 0.717) is 34.9 Å². The molecule has 1 spiro atoms. The molecule has 3 heterocycles. The average molecular weight is 407 g/mol. The lowest BCUT2D eigenvalue weighted by molar-refractivity contribution is 0.0607. The third kappa shape index (κ3) is 4.47. The van der Waals surface area contributed by atoms with Gasteiger partial charge in [-0.05, 0) is 55.5 Å². The molecule has 1 aromatic heterocycles. The molecule has 1 amide bonds. The number of nitrogens with one attached hydrogen (secondary N) is 1. The van der Waals surface area contributed by atoms with Crippen LogP contribution < -0.4 is 10.1 Å². The Kier molecular flexibility index (Phi) is 6.57. The number of hydrogen-bond acceptors (Lipinski definition) is 6. The molecule has 0 aliphatic carbocycles. The van der Waals surface area contributed by atoms with Crippen molar-refractivity contribution in [3.05, 3.63) is 41.5 Å². The molecule has 2 aliphatic heterocycles. The molecule has 28 heavy (non-hydrogen) atoms. The van der Waals surface area contributed by atoms with Crippen molar-refractivity contribution in [3.8, 4) is 5.75 Å². The van der Waals surface area contributed by atoms with Gasteiger partial charge in [-0.15, -0.1) is 12.4 Å². The molecule has 0 radical (unpaired) electrons. The molecule has 0 atom stereocenters. The van der Waals surface area contributed by atoms with Crippen molar-refractivity contribution in [2.45, 2.75) is 39.2 Å². The third-order valence-electron chi connectivity index (χ3n) is 5.73. The van der Waals surface area contributed by atoms with Crippen molar-refractivity contribution in [1.82, 2.24) is 20.4 Å². The van der Waals surface area contributed by atoms with Gasteiger partial charge in [0.1, 0.15) is 5.75 Å². The number of hydrogen-bond donors (Lipinski definition) is 1. The second kappa shape index (κ2) is 8.92. The van der Waals surface area contributed by atoms with Gasteiger partial charge in [0, 0.05) is 31.6 Å². The fraction of sp³-hybridized carbons (Fsp3) is 0.550. The minimum Gasteiger partial charge on any atom is -0.485 e. The molecular weight excluding hydrogens is 380 g/mol. The Hall–Kier alpha value is -2.12. The number of ether oxygens (including phenoxy) is 1. The monoisotopic (exact) mass is 406 g/mol. The summed E-state index contributed by atoms with van der Waals surface area (Å²) in [5.41, 5.74) is 1.12. The molecule has 1 N–H and O–H groups in total. The number of piperidine rings is 1. The summed E-state index contributed by atoms with van der Waals surface area (Å²) >= 11 is 0. The van der Waals surface area contributed by atoms with Crippen molar-refractivity contribution >= 4 is 18.3 Å². The van der Waals surface area contributed by atoms with Crippen molar-refractivity contribution in [2.24, 2.45) is 5.41 Å². The van der Waals surface area contributed by atoms with Gasteiger partial charge in [0.15, 0.2) is 6.61 Å². The van der Waals surface area contributed by atoms with Crippen molar-refractivity contribution in [2.75, 3.05) is 26.2 Å². The van der Waals surface area contributed by atoms with Crippen LogP contribution in [0.4, 0.5) is 0 Å². The van der Waals surface area contributed by atoms with Gasteiger partial charge in [-0.1, -0.05) is 12.1 Å². The summed E-state index contributed by atoms with van der Waals surface area (Å²) in [5.74, 6) is 1.92. The highest BCUT2D eigenvalue weighted by atomic mass is 35.5. The molecule has 2 aliphatic rings. The van der Waals surface area contributed by atoms with Crippen LogP contribution in [-0.2, 0) is 13.0 Å². The number of amides is 1. The number of rotatable bonds is 5. The van der Waals surface area contributed by atoms with Crippen molar-refractivity contribution in [1.29, 1.82) is 0 Å². The standard InChI is InChI=1S/C20H26N4O3.ClH/c1-2-18-22-17(23-27-18)13-26-16-5-3-15(4-6-16)19(25)24-11-8-20(9-12-24)7-10-21-14-20;/h3-6,21H,2,7-14H2,1H3;1H. The Morgan fingerprint density at radius 3 is 2.61 bits per heavy atom.